The lowest BCUT2D eigenvalue weighted by molar-refractivity contribution is 0.281. The van der Waals surface area contributed by atoms with Crippen LogP contribution in [0.3, 0.4) is 0 Å². The van der Waals surface area contributed by atoms with Gasteiger partial charge in [-0.05, 0) is 60.8 Å². The summed E-state index contributed by atoms with van der Waals surface area (Å²) < 4.78 is 45.0. The lowest BCUT2D eigenvalue weighted by Crippen LogP contribution is -2.12. The predicted molar refractivity (Wildman–Crippen MR) is 92.1 cm³/mol. The summed E-state index contributed by atoms with van der Waals surface area (Å²) in [6, 6.07) is 10.1. The van der Waals surface area contributed by atoms with Crippen LogP contribution in [0.1, 0.15) is 56.1 Å². The minimum absolute atomic E-state index is 0.116. The van der Waals surface area contributed by atoms with Crippen LogP contribution >= 0.6 is 0 Å². The normalized spacial score (nSPS) is 20.5. The van der Waals surface area contributed by atoms with Gasteiger partial charge < -0.3 is 4.74 Å². The molecule has 0 radical (unpaired) electrons. The zero-order valence-electron chi connectivity index (χ0n) is 14.4. The Balaban J connectivity index is 1.59. The average molecular weight is 348 g/mol. The molecule has 4 heteroatoms. The molecule has 134 valence electrons. The van der Waals surface area contributed by atoms with Crippen molar-refractivity contribution >= 4 is 0 Å². The maximum Gasteiger partial charge on any atom is 0.203 e. The molecule has 1 saturated carbocycles. The van der Waals surface area contributed by atoms with Crippen molar-refractivity contribution in [3.05, 3.63) is 65.0 Å². The largest absolute Gasteiger partial charge is 0.486 e. The summed E-state index contributed by atoms with van der Waals surface area (Å²) in [5.41, 5.74) is 2.20. The first-order valence-corrected chi connectivity index (χ1v) is 8.93. The van der Waals surface area contributed by atoms with Gasteiger partial charge in [0, 0.05) is 0 Å². The third-order valence-electron chi connectivity index (χ3n) is 5.27. The van der Waals surface area contributed by atoms with Crippen LogP contribution in [0.25, 0.3) is 0 Å². The van der Waals surface area contributed by atoms with Crippen molar-refractivity contribution in [2.45, 2.75) is 51.6 Å². The smallest absolute Gasteiger partial charge is 0.203 e. The minimum Gasteiger partial charge on any atom is -0.486 e. The van der Waals surface area contributed by atoms with E-state index in [1.54, 1.807) is 0 Å². The van der Waals surface area contributed by atoms with E-state index in [1.807, 2.05) is 12.1 Å². The molecule has 0 N–H and O–H groups in total. The molecule has 0 aromatic heterocycles. The molecule has 0 amide bonds. The molecule has 2 aromatic carbocycles. The van der Waals surface area contributed by atoms with Gasteiger partial charge >= 0.3 is 0 Å². The third kappa shape index (κ3) is 4.17. The topological polar surface area (TPSA) is 9.23 Å². The number of hydrogen-bond acceptors (Lipinski definition) is 1. The maximum atomic E-state index is 13.6. The molecule has 0 aliphatic heterocycles. The van der Waals surface area contributed by atoms with Crippen LogP contribution < -0.4 is 4.74 Å². The van der Waals surface area contributed by atoms with Crippen LogP contribution in [0, 0.1) is 23.4 Å². The molecule has 3 rings (SSSR count). The van der Waals surface area contributed by atoms with Crippen LogP contribution in [0.2, 0.25) is 0 Å². The molecule has 0 atom stereocenters. The van der Waals surface area contributed by atoms with Gasteiger partial charge in [-0.1, -0.05) is 37.6 Å². The highest BCUT2D eigenvalue weighted by Crippen LogP contribution is 2.37. The standard InChI is InChI=1S/C21H23F3O/c1-2-14-3-7-16(8-4-14)17-9-5-15(6-10-17)13-25-19-12-11-18(22)20(23)21(19)24/h5-6,9-12,14,16H,2-4,7-8,13H2,1H3/t14-,16-. The fourth-order valence-corrected chi connectivity index (χ4v) is 3.57. The van der Waals surface area contributed by atoms with Gasteiger partial charge in [-0.3, -0.25) is 0 Å². The SMILES string of the molecule is CC[C@H]1CC[C@H](c2ccc(COc3ccc(F)c(F)c3F)cc2)CC1. The molecule has 1 fully saturated rings. The first-order valence-electron chi connectivity index (χ1n) is 8.93. The fraction of sp³-hybridized carbons (Fsp3) is 0.429. The van der Waals surface area contributed by atoms with Crippen molar-refractivity contribution in [3.63, 3.8) is 0 Å². The zero-order chi connectivity index (χ0) is 17.8. The van der Waals surface area contributed by atoms with Gasteiger partial charge in [-0.2, -0.15) is 4.39 Å². The summed E-state index contributed by atoms with van der Waals surface area (Å²) in [5.74, 6) is -2.80. The van der Waals surface area contributed by atoms with Crippen molar-refractivity contribution < 1.29 is 17.9 Å². The Morgan fingerprint density at radius 3 is 2.20 bits per heavy atom. The average Bonchev–Trinajstić information content (AvgIpc) is 2.66. The molecule has 0 spiro atoms. The van der Waals surface area contributed by atoms with E-state index in [2.05, 4.69) is 19.1 Å². The van der Waals surface area contributed by atoms with E-state index in [0.717, 1.165) is 23.6 Å². The Morgan fingerprint density at radius 1 is 0.880 bits per heavy atom. The zero-order valence-corrected chi connectivity index (χ0v) is 14.4. The van der Waals surface area contributed by atoms with Crippen LogP contribution in [-0.2, 0) is 6.61 Å². The number of hydrogen-bond donors (Lipinski definition) is 0. The van der Waals surface area contributed by atoms with E-state index in [9.17, 15) is 13.2 Å². The van der Waals surface area contributed by atoms with Gasteiger partial charge in [0.1, 0.15) is 6.61 Å². The molecule has 1 nitrogen and oxygen atoms in total. The van der Waals surface area contributed by atoms with Crippen molar-refractivity contribution in [1.82, 2.24) is 0 Å². The quantitative estimate of drug-likeness (QED) is 0.571. The van der Waals surface area contributed by atoms with Gasteiger partial charge in [0.05, 0.1) is 0 Å². The Kier molecular flexibility index (Phi) is 5.67. The first-order chi connectivity index (χ1) is 12.1. The summed E-state index contributed by atoms with van der Waals surface area (Å²) in [5, 5.41) is 0. The Hall–Kier alpha value is -1.97. The molecule has 1 aliphatic rings. The van der Waals surface area contributed by atoms with E-state index in [-0.39, 0.29) is 12.4 Å². The summed E-state index contributed by atoms with van der Waals surface area (Å²) in [6.07, 6.45) is 6.31. The van der Waals surface area contributed by atoms with Gasteiger partial charge in [0.2, 0.25) is 5.82 Å². The second-order valence-electron chi connectivity index (χ2n) is 6.83. The number of rotatable bonds is 5. The Bertz CT molecular complexity index is 704. The van der Waals surface area contributed by atoms with Crippen LogP contribution in [-0.4, -0.2) is 0 Å². The van der Waals surface area contributed by atoms with Gasteiger partial charge in [-0.25, -0.2) is 8.78 Å². The molecule has 0 bridgehead atoms. The minimum atomic E-state index is -1.50. The Labute approximate surface area is 146 Å². The lowest BCUT2D eigenvalue weighted by Gasteiger charge is -2.28. The number of benzene rings is 2. The summed E-state index contributed by atoms with van der Waals surface area (Å²) in [6.45, 7) is 2.38. The highest BCUT2D eigenvalue weighted by molar-refractivity contribution is 5.28. The molecular formula is C21H23F3O. The maximum absolute atomic E-state index is 13.6. The van der Waals surface area contributed by atoms with E-state index in [1.165, 1.54) is 37.7 Å². The second-order valence-corrected chi connectivity index (χ2v) is 6.83. The second kappa shape index (κ2) is 7.94. The van der Waals surface area contributed by atoms with Gasteiger partial charge in [0.15, 0.2) is 17.4 Å². The Morgan fingerprint density at radius 2 is 1.56 bits per heavy atom. The van der Waals surface area contributed by atoms with Crippen molar-refractivity contribution in [2.24, 2.45) is 5.92 Å². The van der Waals surface area contributed by atoms with Gasteiger partial charge in [0.25, 0.3) is 0 Å². The number of ether oxygens (including phenoxy) is 1. The van der Waals surface area contributed by atoms with Crippen molar-refractivity contribution in [2.75, 3.05) is 0 Å². The third-order valence-corrected chi connectivity index (χ3v) is 5.27. The highest BCUT2D eigenvalue weighted by Gasteiger charge is 2.21. The van der Waals surface area contributed by atoms with Crippen molar-refractivity contribution in [3.8, 4) is 5.75 Å². The highest BCUT2D eigenvalue weighted by atomic mass is 19.2. The van der Waals surface area contributed by atoms with Crippen LogP contribution in [0.5, 0.6) is 5.75 Å². The van der Waals surface area contributed by atoms with E-state index >= 15 is 0 Å². The predicted octanol–water partition coefficient (Wildman–Crippen LogP) is 6.37. The molecular weight excluding hydrogens is 325 g/mol. The molecule has 0 heterocycles. The fourth-order valence-electron chi connectivity index (χ4n) is 3.57. The summed E-state index contributed by atoms with van der Waals surface area (Å²) in [4.78, 5) is 0. The van der Waals surface area contributed by atoms with Crippen LogP contribution in [0.4, 0.5) is 13.2 Å². The van der Waals surface area contributed by atoms with Crippen LogP contribution in [0.15, 0.2) is 36.4 Å². The van der Waals surface area contributed by atoms with Crippen molar-refractivity contribution in [1.29, 1.82) is 0 Å². The molecule has 0 saturated heterocycles. The monoisotopic (exact) mass is 348 g/mol. The summed E-state index contributed by atoms with van der Waals surface area (Å²) in [7, 11) is 0. The molecule has 25 heavy (non-hydrogen) atoms. The van der Waals surface area contributed by atoms with E-state index in [4.69, 9.17) is 4.74 Å². The molecule has 1 aliphatic carbocycles. The molecule has 2 aromatic rings. The lowest BCUT2D eigenvalue weighted by atomic mass is 9.78. The summed E-state index contributed by atoms with van der Waals surface area (Å²) >= 11 is 0. The van der Waals surface area contributed by atoms with E-state index in [0.29, 0.717) is 5.92 Å². The first kappa shape index (κ1) is 17.8. The van der Waals surface area contributed by atoms with Gasteiger partial charge in [-0.15, -0.1) is 0 Å². The molecule has 0 unspecified atom stereocenters. The number of halogens is 3. The van der Waals surface area contributed by atoms with E-state index < -0.39 is 17.5 Å².